The highest BCUT2D eigenvalue weighted by Gasteiger charge is 2.38. The van der Waals surface area contributed by atoms with Crippen molar-refractivity contribution in [3.05, 3.63) is 77.1 Å². The van der Waals surface area contributed by atoms with Gasteiger partial charge in [-0.3, -0.25) is 14.6 Å². The third-order valence-corrected chi connectivity index (χ3v) is 6.34. The van der Waals surface area contributed by atoms with E-state index in [9.17, 15) is 9.59 Å². The Bertz CT molecular complexity index is 992. The quantitative estimate of drug-likeness (QED) is 0.565. The van der Waals surface area contributed by atoms with E-state index >= 15 is 0 Å². The molecule has 8 heteroatoms. The van der Waals surface area contributed by atoms with Gasteiger partial charge in [0, 0.05) is 24.2 Å². The van der Waals surface area contributed by atoms with E-state index in [-0.39, 0.29) is 23.6 Å². The van der Waals surface area contributed by atoms with Gasteiger partial charge in [-0.15, -0.1) is 5.10 Å². The van der Waals surface area contributed by atoms with Gasteiger partial charge in [-0.1, -0.05) is 60.1 Å². The molecule has 7 nitrogen and oxygen atoms in total. The van der Waals surface area contributed by atoms with Crippen LogP contribution in [0, 0.1) is 0 Å². The number of aromatic nitrogens is 3. The van der Waals surface area contributed by atoms with Gasteiger partial charge in [-0.25, -0.2) is 0 Å². The number of amides is 2. The lowest BCUT2D eigenvalue weighted by atomic mass is 9.92. The minimum absolute atomic E-state index is 0.0372. The molecule has 2 aromatic heterocycles. The number of nitrogens with zero attached hydrogens (tertiary/aromatic N) is 4. The summed E-state index contributed by atoms with van der Waals surface area (Å²) in [7, 11) is 0. The van der Waals surface area contributed by atoms with Gasteiger partial charge in [-0.05, 0) is 48.5 Å². The summed E-state index contributed by atoms with van der Waals surface area (Å²) in [6.07, 6.45) is 7.33. The predicted octanol–water partition coefficient (Wildman–Crippen LogP) is 3.81. The molecule has 166 valence electrons. The van der Waals surface area contributed by atoms with Gasteiger partial charge in [0.1, 0.15) is 0 Å². The van der Waals surface area contributed by atoms with Crippen LogP contribution in [0.3, 0.4) is 0 Å². The van der Waals surface area contributed by atoms with Crippen LogP contribution in [-0.2, 0) is 11.2 Å². The highest BCUT2D eigenvalue weighted by atomic mass is 32.1. The number of pyridine rings is 1. The summed E-state index contributed by atoms with van der Waals surface area (Å²) in [5.74, 6) is -0.485. The fraction of sp³-hybridized carbons (Fsp3) is 0.375. The smallest absolute Gasteiger partial charge is 0.276 e. The minimum atomic E-state index is -0.815. The molecule has 0 bridgehead atoms. The second-order valence-electron chi connectivity index (χ2n) is 7.98. The molecule has 0 spiro atoms. The third kappa shape index (κ3) is 5.37. The highest BCUT2D eigenvalue weighted by Crippen LogP contribution is 2.31. The SMILES string of the molecule is O=C(NCCc1ccccc1)C(c1ccccn1)N(C(=O)c1csnn1)C1CCCCC1. The number of benzene rings is 1. The highest BCUT2D eigenvalue weighted by molar-refractivity contribution is 7.03. The molecule has 0 saturated heterocycles. The Morgan fingerprint density at radius 1 is 1.06 bits per heavy atom. The summed E-state index contributed by atoms with van der Waals surface area (Å²) < 4.78 is 3.86. The topological polar surface area (TPSA) is 88.1 Å². The first-order valence-corrected chi connectivity index (χ1v) is 11.9. The maximum absolute atomic E-state index is 13.5. The van der Waals surface area contributed by atoms with Crippen LogP contribution in [0.4, 0.5) is 0 Å². The molecule has 32 heavy (non-hydrogen) atoms. The van der Waals surface area contributed by atoms with Crippen molar-refractivity contribution in [1.29, 1.82) is 0 Å². The summed E-state index contributed by atoms with van der Waals surface area (Å²) in [4.78, 5) is 33.2. The molecule has 1 N–H and O–H groups in total. The van der Waals surface area contributed by atoms with Crippen molar-refractivity contribution in [2.24, 2.45) is 0 Å². The lowest BCUT2D eigenvalue weighted by Crippen LogP contribution is -2.50. The normalized spacial score (nSPS) is 15.1. The summed E-state index contributed by atoms with van der Waals surface area (Å²) in [5, 5.41) is 8.68. The van der Waals surface area contributed by atoms with Crippen molar-refractivity contribution in [3.63, 3.8) is 0 Å². The zero-order valence-corrected chi connectivity index (χ0v) is 18.7. The first-order valence-electron chi connectivity index (χ1n) is 11.1. The summed E-state index contributed by atoms with van der Waals surface area (Å²) in [6.45, 7) is 0.483. The van der Waals surface area contributed by atoms with E-state index in [0.29, 0.717) is 12.2 Å². The molecule has 2 amide bonds. The molecule has 1 saturated carbocycles. The molecule has 1 aliphatic rings. The Labute approximate surface area is 192 Å². The molecule has 1 unspecified atom stereocenters. The average Bonchev–Trinajstić information content (AvgIpc) is 3.39. The van der Waals surface area contributed by atoms with Crippen LogP contribution in [-0.4, -0.2) is 43.9 Å². The second kappa shape index (κ2) is 10.9. The Morgan fingerprint density at radius 2 is 1.84 bits per heavy atom. The molecule has 1 aliphatic carbocycles. The fourth-order valence-electron chi connectivity index (χ4n) is 4.26. The van der Waals surface area contributed by atoms with Crippen LogP contribution in [0.5, 0.6) is 0 Å². The predicted molar refractivity (Wildman–Crippen MR) is 123 cm³/mol. The van der Waals surface area contributed by atoms with Crippen LogP contribution in [0.2, 0.25) is 0 Å². The molecule has 2 heterocycles. The lowest BCUT2D eigenvalue weighted by molar-refractivity contribution is -0.127. The number of carbonyl (C=O) groups is 2. The molecule has 1 atom stereocenters. The molecule has 4 rings (SSSR count). The van der Waals surface area contributed by atoms with Gasteiger partial charge < -0.3 is 10.2 Å². The van der Waals surface area contributed by atoms with Crippen molar-refractivity contribution >= 4 is 23.3 Å². The van der Waals surface area contributed by atoms with E-state index in [1.807, 2.05) is 48.5 Å². The fourth-order valence-corrected chi connectivity index (χ4v) is 4.69. The lowest BCUT2D eigenvalue weighted by Gasteiger charge is -2.38. The van der Waals surface area contributed by atoms with Crippen molar-refractivity contribution in [2.45, 2.75) is 50.6 Å². The summed E-state index contributed by atoms with van der Waals surface area (Å²) >= 11 is 1.13. The van der Waals surface area contributed by atoms with Crippen molar-refractivity contribution in [1.82, 2.24) is 24.8 Å². The molecule has 0 radical (unpaired) electrons. The van der Waals surface area contributed by atoms with E-state index < -0.39 is 6.04 Å². The molecule has 3 aromatic rings. The van der Waals surface area contributed by atoms with Crippen LogP contribution in [0.15, 0.2) is 60.1 Å². The van der Waals surface area contributed by atoms with Gasteiger partial charge in [0.15, 0.2) is 11.7 Å². The standard InChI is InChI=1S/C24H27N5O2S/c30-23(26-16-14-18-9-3-1-4-10-18)22(20-13-7-8-15-25-20)29(19-11-5-2-6-12-19)24(31)21-17-32-28-27-21/h1,3-4,7-10,13,15,17,19,22H,2,5-6,11-12,14,16H2,(H,26,30). The summed E-state index contributed by atoms with van der Waals surface area (Å²) in [6, 6.07) is 14.6. The van der Waals surface area contributed by atoms with E-state index in [0.717, 1.165) is 55.6 Å². The number of hydrogen-bond donors (Lipinski definition) is 1. The number of nitrogens with one attached hydrogen (secondary N) is 1. The number of hydrogen-bond acceptors (Lipinski definition) is 6. The maximum atomic E-state index is 13.5. The maximum Gasteiger partial charge on any atom is 0.276 e. The first-order chi connectivity index (χ1) is 15.7. The van der Waals surface area contributed by atoms with Gasteiger partial charge >= 0.3 is 0 Å². The van der Waals surface area contributed by atoms with Crippen molar-refractivity contribution in [2.75, 3.05) is 6.54 Å². The van der Waals surface area contributed by atoms with Crippen LogP contribution < -0.4 is 5.32 Å². The van der Waals surface area contributed by atoms with Gasteiger partial charge in [-0.2, -0.15) is 0 Å². The van der Waals surface area contributed by atoms with Crippen LogP contribution in [0.1, 0.15) is 59.9 Å². The Hall–Kier alpha value is -3.13. The number of carbonyl (C=O) groups excluding carboxylic acids is 2. The molecule has 1 aromatic carbocycles. The Morgan fingerprint density at radius 3 is 2.53 bits per heavy atom. The third-order valence-electron chi connectivity index (χ3n) is 5.83. The van der Waals surface area contributed by atoms with Gasteiger partial charge in [0.05, 0.1) is 5.69 Å². The van der Waals surface area contributed by atoms with E-state index in [1.54, 1.807) is 16.5 Å². The van der Waals surface area contributed by atoms with E-state index in [2.05, 4.69) is 19.9 Å². The summed E-state index contributed by atoms with van der Waals surface area (Å²) in [5.41, 5.74) is 1.99. The largest absolute Gasteiger partial charge is 0.354 e. The van der Waals surface area contributed by atoms with Crippen LogP contribution >= 0.6 is 11.5 Å². The zero-order chi connectivity index (χ0) is 22.2. The number of rotatable bonds is 8. The molecule has 0 aliphatic heterocycles. The van der Waals surface area contributed by atoms with E-state index in [4.69, 9.17) is 0 Å². The van der Waals surface area contributed by atoms with E-state index in [1.165, 1.54) is 0 Å². The molecular formula is C24H27N5O2S. The van der Waals surface area contributed by atoms with Gasteiger partial charge in [0.25, 0.3) is 5.91 Å². The second-order valence-corrected chi connectivity index (χ2v) is 8.59. The Balaban J connectivity index is 1.61. The van der Waals surface area contributed by atoms with Crippen LogP contribution in [0.25, 0.3) is 0 Å². The Kier molecular flexibility index (Phi) is 7.55. The minimum Gasteiger partial charge on any atom is -0.354 e. The monoisotopic (exact) mass is 449 g/mol. The molecular weight excluding hydrogens is 422 g/mol. The average molecular weight is 450 g/mol. The van der Waals surface area contributed by atoms with Gasteiger partial charge in [0.2, 0.25) is 5.91 Å². The molecule has 1 fully saturated rings. The van der Waals surface area contributed by atoms with Crippen molar-refractivity contribution in [3.8, 4) is 0 Å². The zero-order valence-electron chi connectivity index (χ0n) is 17.9. The van der Waals surface area contributed by atoms with Crippen molar-refractivity contribution < 1.29 is 9.59 Å². The first kappa shape index (κ1) is 22.1.